The highest BCUT2D eigenvalue weighted by molar-refractivity contribution is 5.22. The maximum Gasteiger partial charge on any atom is 0.0662 e. The minimum atomic E-state index is 0.878. The molecule has 0 radical (unpaired) electrons. The van der Waals surface area contributed by atoms with Crippen molar-refractivity contribution in [3.63, 3.8) is 0 Å². The van der Waals surface area contributed by atoms with Crippen LogP contribution in [0.4, 0.5) is 0 Å². The van der Waals surface area contributed by atoms with Gasteiger partial charge in [-0.25, -0.2) is 0 Å². The third-order valence-electron chi connectivity index (χ3n) is 3.09. The van der Waals surface area contributed by atoms with Crippen molar-refractivity contribution in [3.05, 3.63) is 52.8 Å². The van der Waals surface area contributed by atoms with Crippen LogP contribution in [0.25, 0.3) is 0 Å². The van der Waals surface area contributed by atoms with Crippen molar-refractivity contribution in [2.45, 2.75) is 40.2 Å². The van der Waals surface area contributed by atoms with E-state index in [-0.39, 0.29) is 0 Å². The van der Waals surface area contributed by atoms with Crippen LogP contribution in [0.5, 0.6) is 0 Å². The molecule has 2 aromatic rings. The van der Waals surface area contributed by atoms with Crippen LogP contribution in [0.2, 0.25) is 0 Å². The van der Waals surface area contributed by atoms with Gasteiger partial charge in [0.05, 0.1) is 12.2 Å². The molecule has 0 aliphatic carbocycles. The fourth-order valence-corrected chi connectivity index (χ4v) is 1.98. The first-order valence-corrected chi connectivity index (χ1v) is 6.34. The Labute approximate surface area is 103 Å². The lowest BCUT2D eigenvalue weighted by molar-refractivity contribution is 0.640. The second kappa shape index (κ2) is 5.17. The zero-order chi connectivity index (χ0) is 12.3. The molecule has 2 heteroatoms. The Kier molecular flexibility index (Phi) is 3.62. The number of hydrogen-bond donors (Lipinski definition) is 0. The number of benzene rings is 1. The normalized spacial score (nSPS) is 10.8. The van der Waals surface area contributed by atoms with Crippen LogP contribution in [0.1, 0.15) is 36.4 Å². The predicted octanol–water partition coefficient (Wildman–Crippen LogP) is 3.36. The van der Waals surface area contributed by atoms with Gasteiger partial charge in [0.2, 0.25) is 0 Å². The Balaban J connectivity index is 2.22. The van der Waals surface area contributed by atoms with Gasteiger partial charge >= 0.3 is 0 Å². The van der Waals surface area contributed by atoms with Gasteiger partial charge in [-0.1, -0.05) is 43.7 Å². The van der Waals surface area contributed by atoms with Crippen molar-refractivity contribution in [3.8, 4) is 0 Å². The molecule has 0 amide bonds. The maximum atomic E-state index is 4.63. The van der Waals surface area contributed by atoms with Gasteiger partial charge in [-0.3, -0.25) is 4.68 Å². The average molecular weight is 228 g/mol. The Morgan fingerprint density at radius 1 is 1.06 bits per heavy atom. The van der Waals surface area contributed by atoms with Crippen molar-refractivity contribution < 1.29 is 0 Å². The first-order valence-electron chi connectivity index (χ1n) is 6.34. The molecule has 2 nitrogen and oxygen atoms in total. The van der Waals surface area contributed by atoms with Crippen LogP contribution in [-0.4, -0.2) is 9.78 Å². The highest BCUT2D eigenvalue weighted by Crippen LogP contribution is 2.10. The van der Waals surface area contributed by atoms with E-state index in [9.17, 15) is 0 Å². The second-order valence-corrected chi connectivity index (χ2v) is 4.48. The SMILES string of the molecule is CCc1cc(CC)n(Cc2ccc(C)cc2)n1. The molecular weight excluding hydrogens is 208 g/mol. The largest absolute Gasteiger partial charge is 0.265 e. The Morgan fingerprint density at radius 2 is 1.76 bits per heavy atom. The average Bonchev–Trinajstić information content (AvgIpc) is 2.74. The molecule has 0 spiro atoms. The molecule has 0 N–H and O–H groups in total. The van der Waals surface area contributed by atoms with Crippen LogP contribution in [0, 0.1) is 6.92 Å². The van der Waals surface area contributed by atoms with E-state index >= 15 is 0 Å². The standard InChI is InChI=1S/C15H20N2/c1-4-14-10-15(5-2)17(16-14)11-13-8-6-12(3)7-9-13/h6-10H,4-5,11H2,1-3H3. The quantitative estimate of drug-likeness (QED) is 0.784. The van der Waals surface area contributed by atoms with E-state index in [0.717, 1.165) is 19.4 Å². The molecule has 0 saturated carbocycles. The summed E-state index contributed by atoms with van der Waals surface area (Å²) in [5.41, 5.74) is 5.13. The minimum absolute atomic E-state index is 0.878. The van der Waals surface area contributed by atoms with Crippen molar-refractivity contribution >= 4 is 0 Å². The maximum absolute atomic E-state index is 4.63. The Bertz CT molecular complexity index is 480. The molecule has 1 heterocycles. The lowest BCUT2D eigenvalue weighted by Crippen LogP contribution is -2.05. The van der Waals surface area contributed by atoms with Gasteiger partial charge in [0.25, 0.3) is 0 Å². The molecule has 0 atom stereocenters. The van der Waals surface area contributed by atoms with E-state index in [1.807, 2.05) is 0 Å². The lowest BCUT2D eigenvalue weighted by Gasteiger charge is -2.06. The van der Waals surface area contributed by atoms with Crippen LogP contribution in [0.15, 0.2) is 30.3 Å². The van der Waals surface area contributed by atoms with Crippen molar-refractivity contribution in [2.75, 3.05) is 0 Å². The molecule has 0 aliphatic rings. The fourth-order valence-electron chi connectivity index (χ4n) is 1.98. The summed E-state index contributed by atoms with van der Waals surface area (Å²) < 4.78 is 2.13. The fraction of sp³-hybridized carbons (Fsp3) is 0.400. The molecule has 1 aromatic heterocycles. The van der Waals surface area contributed by atoms with E-state index in [0.29, 0.717) is 0 Å². The predicted molar refractivity (Wildman–Crippen MR) is 71.3 cm³/mol. The summed E-state index contributed by atoms with van der Waals surface area (Å²) >= 11 is 0. The molecule has 0 fully saturated rings. The van der Waals surface area contributed by atoms with Gasteiger partial charge in [-0.15, -0.1) is 0 Å². The molecule has 0 aliphatic heterocycles. The molecule has 90 valence electrons. The first-order chi connectivity index (χ1) is 8.22. The Morgan fingerprint density at radius 3 is 2.35 bits per heavy atom. The summed E-state index contributed by atoms with van der Waals surface area (Å²) in [6.45, 7) is 7.33. The minimum Gasteiger partial charge on any atom is -0.265 e. The highest BCUT2D eigenvalue weighted by atomic mass is 15.3. The summed E-state index contributed by atoms with van der Waals surface area (Å²) in [4.78, 5) is 0. The van der Waals surface area contributed by atoms with Crippen LogP contribution < -0.4 is 0 Å². The molecular formula is C15H20N2. The molecule has 17 heavy (non-hydrogen) atoms. The molecule has 1 aromatic carbocycles. The number of aryl methyl sites for hydroxylation is 3. The third kappa shape index (κ3) is 2.76. The third-order valence-corrected chi connectivity index (χ3v) is 3.09. The van der Waals surface area contributed by atoms with Crippen LogP contribution in [0.3, 0.4) is 0 Å². The number of aromatic nitrogens is 2. The summed E-state index contributed by atoms with van der Waals surface area (Å²) in [5, 5.41) is 4.63. The number of nitrogens with zero attached hydrogens (tertiary/aromatic N) is 2. The van der Waals surface area contributed by atoms with Gasteiger partial charge in [-0.2, -0.15) is 5.10 Å². The van der Waals surface area contributed by atoms with E-state index in [1.165, 1.54) is 22.5 Å². The Hall–Kier alpha value is -1.57. The molecule has 0 unspecified atom stereocenters. The van der Waals surface area contributed by atoms with Gasteiger partial charge in [0, 0.05) is 5.69 Å². The van der Waals surface area contributed by atoms with Crippen LogP contribution >= 0.6 is 0 Å². The summed E-state index contributed by atoms with van der Waals surface area (Å²) in [6, 6.07) is 10.9. The molecule has 0 saturated heterocycles. The first kappa shape index (κ1) is 11.9. The topological polar surface area (TPSA) is 17.8 Å². The van der Waals surface area contributed by atoms with Crippen molar-refractivity contribution in [2.24, 2.45) is 0 Å². The lowest BCUT2D eigenvalue weighted by atomic mass is 10.1. The zero-order valence-electron chi connectivity index (χ0n) is 10.9. The van der Waals surface area contributed by atoms with Crippen molar-refractivity contribution in [1.29, 1.82) is 0 Å². The van der Waals surface area contributed by atoms with Gasteiger partial charge < -0.3 is 0 Å². The van der Waals surface area contributed by atoms with Gasteiger partial charge in [-0.05, 0) is 31.4 Å². The van der Waals surface area contributed by atoms with E-state index in [2.05, 4.69) is 60.9 Å². The number of rotatable bonds is 4. The smallest absolute Gasteiger partial charge is 0.0662 e. The van der Waals surface area contributed by atoms with E-state index < -0.39 is 0 Å². The van der Waals surface area contributed by atoms with Crippen molar-refractivity contribution in [1.82, 2.24) is 9.78 Å². The zero-order valence-corrected chi connectivity index (χ0v) is 10.9. The summed E-state index contributed by atoms with van der Waals surface area (Å²) in [5.74, 6) is 0. The highest BCUT2D eigenvalue weighted by Gasteiger charge is 2.05. The number of hydrogen-bond acceptors (Lipinski definition) is 1. The van der Waals surface area contributed by atoms with Gasteiger partial charge in [0.1, 0.15) is 0 Å². The summed E-state index contributed by atoms with van der Waals surface area (Å²) in [7, 11) is 0. The summed E-state index contributed by atoms with van der Waals surface area (Å²) in [6.07, 6.45) is 2.05. The molecule has 2 rings (SSSR count). The van der Waals surface area contributed by atoms with Gasteiger partial charge in [0.15, 0.2) is 0 Å². The monoisotopic (exact) mass is 228 g/mol. The molecule has 0 bridgehead atoms. The van der Waals surface area contributed by atoms with Crippen LogP contribution in [-0.2, 0) is 19.4 Å². The van der Waals surface area contributed by atoms with E-state index in [1.54, 1.807) is 0 Å². The van der Waals surface area contributed by atoms with E-state index in [4.69, 9.17) is 0 Å². The second-order valence-electron chi connectivity index (χ2n) is 4.48.